The second-order valence-corrected chi connectivity index (χ2v) is 5.69. The molecule has 110 valence electrons. The molecule has 1 heterocycles. The van der Waals surface area contributed by atoms with Crippen LogP contribution in [0.1, 0.15) is 37.0 Å². The Morgan fingerprint density at radius 1 is 1.40 bits per heavy atom. The third-order valence-electron chi connectivity index (χ3n) is 3.61. The molecule has 1 N–H and O–H groups in total. The number of ether oxygens (including phenoxy) is 1. The summed E-state index contributed by atoms with van der Waals surface area (Å²) < 4.78 is 5.36. The van der Waals surface area contributed by atoms with Gasteiger partial charge < -0.3 is 9.84 Å². The lowest BCUT2D eigenvalue weighted by atomic mass is 9.95. The number of hydrogen-bond donors (Lipinski definition) is 1. The van der Waals surface area contributed by atoms with E-state index in [-0.39, 0.29) is 5.78 Å². The quantitative estimate of drug-likeness (QED) is 0.838. The molecule has 0 aromatic heterocycles. The van der Waals surface area contributed by atoms with Crippen LogP contribution in [0.15, 0.2) is 24.3 Å². The largest absolute Gasteiger partial charge is 0.494 e. The van der Waals surface area contributed by atoms with Crippen molar-refractivity contribution in [2.45, 2.75) is 32.3 Å². The van der Waals surface area contributed by atoms with Gasteiger partial charge >= 0.3 is 0 Å². The molecular formula is C16H23NO3. The van der Waals surface area contributed by atoms with Crippen molar-refractivity contribution in [1.82, 2.24) is 4.90 Å². The molecule has 1 fully saturated rings. The molecular weight excluding hydrogens is 254 g/mol. The molecule has 1 aromatic rings. The Hall–Kier alpha value is -1.39. The van der Waals surface area contributed by atoms with Crippen LogP contribution in [0.25, 0.3) is 0 Å². The van der Waals surface area contributed by atoms with Gasteiger partial charge in [-0.15, -0.1) is 0 Å². The lowest BCUT2D eigenvalue weighted by molar-refractivity contribution is -0.0132. The number of Topliss-reactive ketones (excluding diaryl/α,β-unsaturated/α-hetero) is 1. The first kappa shape index (κ1) is 15.0. The second kappa shape index (κ2) is 6.37. The number of ketones is 1. The molecule has 0 radical (unpaired) electrons. The molecule has 1 aromatic carbocycles. The minimum Gasteiger partial charge on any atom is -0.494 e. The fourth-order valence-corrected chi connectivity index (χ4v) is 2.66. The van der Waals surface area contributed by atoms with Gasteiger partial charge in [0.1, 0.15) is 5.75 Å². The molecule has 0 bridgehead atoms. The van der Waals surface area contributed by atoms with E-state index in [1.807, 2.05) is 30.9 Å². The number of carbonyl (C=O) groups excluding carboxylic acids is 1. The van der Waals surface area contributed by atoms with Crippen molar-refractivity contribution in [3.8, 4) is 5.75 Å². The number of β-amino-alcohol motifs (C(OH)–C–C–N with tert-alkyl or cyclic N) is 1. The third kappa shape index (κ3) is 4.05. The smallest absolute Gasteiger partial charge is 0.176 e. The van der Waals surface area contributed by atoms with Gasteiger partial charge in [-0.2, -0.15) is 0 Å². The van der Waals surface area contributed by atoms with E-state index in [4.69, 9.17) is 4.74 Å². The summed E-state index contributed by atoms with van der Waals surface area (Å²) in [6, 6.07) is 7.25. The molecule has 0 spiro atoms. The highest BCUT2D eigenvalue weighted by atomic mass is 16.5. The Balaban J connectivity index is 1.94. The van der Waals surface area contributed by atoms with Crippen LogP contribution in [0.4, 0.5) is 0 Å². The Morgan fingerprint density at radius 3 is 2.70 bits per heavy atom. The summed E-state index contributed by atoms with van der Waals surface area (Å²) in [5.74, 6) is 0.871. The van der Waals surface area contributed by atoms with Crippen LogP contribution in [-0.4, -0.2) is 47.6 Å². The van der Waals surface area contributed by atoms with Crippen molar-refractivity contribution in [2.75, 3.05) is 26.2 Å². The summed E-state index contributed by atoms with van der Waals surface area (Å²) in [7, 11) is 0. The van der Waals surface area contributed by atoms with Gasteiger partial charge in [-0.25, -0.2) is 0 Å². The minimum absolute atomic E-state index is 0.0887. The van der Waals surface area contributed by atoms with Gasteiger partial charge in [0.2, 0.25) is 0 Å². The Bertz CT molecular complexity index is 453. The molecule has 0 amide bonds. The fourth-order valence-electron chi connectivity index (χ4n) is 2.66. The average Bonchev–Trinajstić information content (AvgIpc) is 2.38. The van der Waals surface area contributed by atoms with Crippen molar-refractivity contribution >= 4 is 5.78 Å². The monoisotopic (exact) mass is 277 g/mol. The minimum atomic E-state index is -0.669. The number of carbonyl (C=O) groups is 1. The van der Waals surface area contributed by atoms with Crippen LogP contribution in [-0.2, 0) is 0 Å². The zero-order valence-electron chi connectivity index (χ0n) is 12.3. The number of rotatable bonds is 5. The summed E-state index contributed by atoms with van der Waals surface area (Å²) in [6.45, 7) is 6.19. The first-order chi connectivity index (χ1) is 9.50. The van der Waals surface area contributed by atoms with Gasteiger partial charge in [0.25, 0.3) is 0 Å². The van der Waals surface area contributed by atoms with Crippen molar-refractivity contribution in [3.05, 3.63) is 29.8 Å². The van der Waals surface area contributed by atoms with Crippen LogP contribution in [0, 0.1) is 0 Å². The Labute approximate surface area is 120 Å². The zero-order chi connectivity index (χ0) is 14.6. The first-order valence-electron chi connectivity index (χ1n) is 7.21. The number of benzene rings is 1. The maximum absolute atomic E-state index is 12.2. The van der Waals surface area contributed by atoms with E-state index < -0.39 is 5.60 Å². The van der Waals surface area contributed by atoms with Crippen molar-refractivity contribution in [2.24, 2.45) is 0 Å². The van der Waals surface area contributed by atoms with Crippen molar-refractivity contribution in [1.29, 1.82) is 0 Å². The lowest BCUT2D eigenvalue weighted by Crippen LogP contribution is -2.47. The van der Waals surface area contributed by atoms with Gasteiger partial charge in [-0.05, 0) is 57.5 Å². The highest BCUT2D eigenvalue weighted by molar-refractivity contribution is 5.97. The Morgan fingerprint density at radius 2 is 2.10 bits per heavy atom. The van der Waals surface area contributed by atoms with E-state index in [0.717, 1.165) is 25.1 Å². The number of aliphatic hydroxyl groups is 1. The molecule has 0 saturated carbocycles. The van der Waals surface area contributed by atoms with Crippen LogP contribution >= 0.6 is 0 Å². The number of likely N-dealkylation sites (tertiary alicyclic amines) is 1. The number of piperidine rings is 1. The molecule has 4 nitrogen and oxygen atoms in total. The number of hydrogen-bond acceptors (Lipinski definition) is 4. The molecule has 1 aliphatic heterocycles. The molecule has 1 unspecified atom stereocenters. The summed E-state index contributed by atoms with van der Waals surface area (Å²) >= 11 is 0. The first-order valence-corrected chi connectivity index (χ1v) is 7.21. The maximum atomic E-state index is 12.2. The van der Waals surface area contributed by atoms with E-state index in [1.54, 1.807) is 12.1 Å². The topological polar surface area (TPSA) is 49.8 Å². The van der Waals surface area contributed by atoms with E-state index >= 15 is 0 Å². The van der Waals surface area contributed by atoms with Crippen molar-refractivity contribution in [3.63, 3.8) is 0 Å². The van der Waals surface area contributed by atoms with Gasteiger partial charge in [-0.3, -0.25) is 9.69 Å². The van der Waals surface area contributed by atoms with Gasteiger partial charge in [0.15, 0.2) is 5.78 Å². The molecule has 0 aliphatic carbocycles. The molecule has 1 atom stereocenters. The molecule has 20 heavy (non-hydrogen) atoms. The van der Waals surface area contributed by atoms with Crippen LogP contribution in [0.2, 0.25) is 0 Å². The number of nitrogens with zero attached hydrogens (tertiary/aromatic N) is 1. The summed E-state index contributed by atoms with van der Waals surface area (Å²) in [5, 5.41) is 10.1. The third-order valence-corrected chi connectivity index (χ3v) is 3.61. The van der Waals surface area contributed by atoms with Crippen LogP contribution in [0.3, 0.4) is 0 Å². The average molecular weight is 277 g/mol. The van der Waals surface area contributed by atoms with Gasteiger partial charge in [0.05, 0.1) is 18.8 Å². The highest BCUT2D eigenvalue weighted by Crippen LogP contribution is 2.20. The molecule has 4 heteroatoms. The van der Waals surface area contributed by atoms with E-state index in [9.17, 15) is 9.90 Å². The molecule has 1 aliphatic rings. The summed E-state index contributed by atoms with van der Waals surface area (Å²) in [4.78, 5) is 14.3. The lowest BCUT2D eigenvalue weighted by Gasteiger charge is -2.36. The summed E-state index contributed by atoms with van der Waals surface area (Å²) in [5.41, 5.74) is 0.0239. The summed E-state index contributed by atoms with van der Waals surface area (Å²) in [6.07, 6.45) is 1.74. The second-order valence-electron chi connectivity index (χ2n) is 5.69. The SMILES string of the molecule is CCOc1ccc(C(=O)CN2CCCC(C)(O)C2)cc1. The highest BCUT2D eigenvalue weighted by Gasteiger charge is 2.29. The van der Waals surface area contributed by atoms with Crippen LogP contribution in [0.5, 0.6) is 5.75 Å². The zero-order valence-corrected chi connectivity index (χ0v) is 12.3. The van der Waals surface area contributed by atoms with E-state index in [0.29, 0.717) is 25.3 Å². The van der Waals surface area contributed by atoms with E-state index in [2.05, 4.69) is 0 Å². The molecule has 1 saturated heterocycles. The van der Waals surface area contributed by atoms with Crippen molar-refractivity contribution < 1.29 is 14.6 Å². The normalized spacial score (nSPS) is 23.6. The van der Waals surface area contributed by atoms with Gasteiger partial charge in [-0.1, -0.05) is 0 Å². The molecule has 2 rings (SSSR count). The predicted molar refractivity (Wildman–Crippen MR) is 78.2 cm³/mol. The fraction of sp³-hybridized carbons (Fsp3) is 0.562. The Kier molecular flexibility index (Phi) is 4.78. The predicted octanol–water partition coefficient (Wildman–Crippen LogP) is 2.11. The van der Waals surface area contributed by atoms with E-state index in [1.165, 1.54) is 0 Å². The maximum Gasteiger partial charge on any atom is 0.176 e. The van der Waals surface area contributed by atoms with Crippen LogP contribution < -0.4 is 4.74 Å². The van der Waals surface area contributed by atoms with Gasteiger partial charge in [0, 0.05) is 12.1 Å². The standard InChI is InChI=1S/C16H23NO3/c1-3-20-14-7-5-13(6-8-14)15(18)11-17-10-4-9-16(2,19)12-17/h5-8,19H,3-4,9-12H2,1-2H3.